The van der Waals surface area contributed by atoms with Crippen LogP contribution in [0.4, 0.5) is 0 Å². The first-order chi connectivity index (χ1) is 7.31. The smallest absolute Gasteiger partial charge is 0.183 e. The van der Waals surface area contributed by atoms with Crippen molar-refractivity contribution in [3.05, 3.63) is 40.1 Å². The fraction of sp³-hybridized carbons (Fsp3) is 0.222. The molecule has 2 aromatic rings. The van der Waals surface area contributed by atoms with Gasteiger partial charge in [0.15, 0.2) is 5.82 Å². The molecule has 0 radical (unpaired) electrons. The van der Waals surface area contributed by atoms with Crippen LogP contribution in [0.15, 0.2) is 28.7 Å². The molecule has 0 aliphatic heterocycles. The van der Waals surface area contributed by atoms with E-state index < -0.39 is 0 Å². The van der Waals surface area contributed by atoms with E-state index in [1.54, 1.807) is 0 Å². The van der Waals surface area contributed by atoms with Crippen LogP contribution in [-0.4, -0.2) is 27.2 Å². The summed E-state index contributed by atoms with van der Waals surface area (Å²) in [7, 11) is 0. The lowest BCUT2D eigenvalue weighted by molar-refractivity contribution is 0.752. The molecule has 1 unspecified atom stereocenters. The molecule has 0 aliphatic carbocycles. The van der Waals surface area contributed by atoms with E-state index in [-0.39, 0.29) is 5.92 Å². The molecule has 1 aromatic heterocycles. The Morgan fingerprint density at radius 1 is 1.47 bits per heavy atom. The minimum atomic E-state index is -0.0127. The number of nitrogens with zero attached hydrogens (tertiary/aromatic N) is 3. The Labute approximate surface area is 95.2 Å². The molecule has 0 bridgehead atoms. The average Bonchev–Trinajstić information content (AvgIpc) is 2.72. The highest BCUT2D eigenvalue weighted by atomic mass is 79.9. The number of aromatic amines is 1. The molecule has 0 amide bonds. The number of halogens is 1. The van der Waals surface area contributed by atoms with Gasteiger partial charge in [0.1, 0.15) is 0 Å². The molecular weight excluding hydrogens is 258 g/mol. The molecule has 2 rings (SSSR count). The summed E-state index contributed by atoms with van der Waals surface area (Å²) < 4.78 is 1.02. The van der Waals surface area contributed by atoms with Gasteiger partial charge in [-0.05, 0) is 17.7 Å². The van der Waals surface area contributed by atoms with Crippen LogP contribution in [-0.2, 0) is 0 Å². The van der Waals surface area contributed by atoms with E-state index in [0.29, 0.717) is 12.4 Å². The van der Waals surface area contributed by atoms with Gasteiger partial charge < -0.3 is 5.73 Å². The highest BCUT2D eigenvalue weighted by molar-refractivity contribution is 9.10. The van der Waals surface area contributed by atoms with E-state index >= 15 is 0 Å². The van der Waals surface area contributed by atoms with Crippen LogP contribution in [0, 0.1) is 0 Å². The number of nitrogens with two attached hydrogens (primary N) is 1. The predicted molar refractivity (Wildman–Crippen MR) is 59.2 cm³/mol. The van der Waals surface area contributed by atoms with Crippen molar-refractivity contribution < 1.29 is 0 Å². The number of aromatic nitrogens is 4. The van der Waals surface area contributed by atoms with Crippen molar-refractivity contribution in [1.29, 1.82) is 0 Å². The van der Waals surface area contributed by atoms with E-state index in [9.17, 15) is 0 Å². The summed E-state index contributed by atoms with van der Waals surface area (Å²) in [4.78, 5) is 0. The highest BCUT2D eigenvalue weighted by Gasteiger charge is 2.16. The van der Waals surface area contributed by atoms with Crippen molar-refractivity contribution in [1.82, 2.24) is 20.6 Å². The number of tetrazole rings is 1. The second-order valence-electron chi connectivity index (χ2n) is 3.11. The SMILES string of the molecule is NCC(c1cccc(Br)c1)c1nn[nH]n1. The van der Waals surface area contributed by atoms with E-state index in [1.807, 2.05) is 24.3 Å². The van der Waals surface area contributed by atoms with Crippen molar-refractivity contribution in [2.24, 2.45) is 5.73 Å². The standard InChI is InChI=1S/C9H10BrN5/c10-7-3-1-2-6(4-7)8(5-11)9-12-14-15-13-9/h1-4,8H,5,11H2,(H,12,13,14,15). The minimum absolute atomic E-state index is 0.0127. The summed E-state index contributed by atoms with van der Waals surface area (Å²) in [6.45, 7) is 0.454. The molecule has 1 heterocycles. The molecule has 1 aromatic carbocycles. The summed E-state index contributed by atoms with van der Waals surface area (Å²) >= 11 is 3.42. The molecule has 1 atom stereocenters. The molecule has 0 aliphatic rings. The number of hydrogen-bond donors (Lipinski definition) is 2. The molecule has 6 heteroatoms. The zero-order chi connectivity index (χ0) is 10.7. The highest BCUT2D eigenvalue weighted by Crippen LogP contribution is 2.22. The van der Waals surface area contributed by atoms with Gasteiger partial charge in [-0.2, -0.15) is 5.21 Å². The van der Waals surface area contributed by atoms with Crippen LogP contribution in [0.25, 0.3) is 0 Å². The van der Waals surface area contributed by atoms with Crippen molar-refractivity contribution in [2.45, 2.75) is 5.92 Å². The van der Waals surface area contributed by atoms with E-state index in [1.165, 1.54) is 0 Å². The Morgan fingerprint density at radius 2 is 2.33 bits per heavy atom. The van der Waals surface area contributed by atoms with E-state index in [4.69, 9.17) is 5.73 Å². The lowest BCUT2D eigenvalue weighted by Gasteiger charge is -2.10. The second-order valence-corrected chi connectivity index (χ2v) is 4.03. The van der Waals surface area contributed by atoms with Crippen molar-refractivity contribution in [2.75, 3.05) is 6.54 Å². The van der Waals surface area contributed by atoms with Gasteiger partial charge in [0, 0.05) is 11.0 Å². The van der Waals surface area contributed by atoms with Gasteiger partial charge in [-0.15, -0.1) is 10.2 Å². The first-order valence-corrected chi connectivity index (χ1v) is 5.29. The minimum Gasteiger partial charge on any atom is -0.329 e. The summed E-state index contributed by atoms with van der Waals surface area (Å²) in [5.41, 5.74) is 6.79. The molecule has 0 saturated carbocycles. The van der Waals surface area contributed by atoms with Crippen LogP contribution in [0.3, 0.4) is 0 Å². The van der Waals surface area contributed by atoms with Gasteiger partial charge in [0.2, 0.25) is 0 Å². The van der Waals surface area contributed by atoms with Crippen molar-refractivity contribution in [3.63, 3.8) is 0 Å². The summed E-state index contributed by atoms with van der Waals surface area (Å²) in [6, 6.07) is 7.93. The Hall–Kier alpha value is -1.27. The van der Waals surface area contributed by atoms with Gasteiger partial charge in [-0.1, -0.05) is 33.3 Å². The third-order valence-electron chi connectivity index (χ3n) is 2.16. The van der Waals surface area contributed by atoms with Crippen LogP contribution >= 0.6 is 15.9 Å². The molecule has 3 N–H and O–H groups in total. The Kier molecular flexibility index (Phi) is 3.08. The summed E-state index contributed by atoms with van der Waals surface area (Å²) in [6.07, 6.45) is 0. The Bertz CT molecular complexity index is 428. The first-order valence-electron chi connectivity index (χ1n) is 4.50. The zero-order valence-electron chi connectivity index (χ0n) is 7.89. The number of rotatable bonds is 3. The van der Waals surface area contributed by atoms with E-state index in [0.717, 1.165) is 10.0 Å². The largest absolute Gasteiger partial charge is 0.329 e. The van der Waals surface area contributed by atoms with Crippen molar-refractivity contribution >= 4 is 15.9 Å². The molecule has 0 fully saturated rings. The molecule has 5 nitrogen and oxygen atoms in total. The van der Waals surface area contributed by atoms with E-state index in [2.05, 4.69) is 36.6 Å². The summed E-state index contributed by atoms with van der Waals surface area (Å²) in [5, 5.41) is 13.9. The van der Waals surface area contributed by atoms with Gasteiger partial charge in [-0.3, -0.25) is 0 Å². The third kappa shape index (κ3) is 2.21. The number of hydrogen-bond acceptors (Lipinski definition) is 4. The lowest BCUT2D eigenvalue weighted by Crippen LogP contribution is -2.15. The lowest BCUT2D eigenvalue weighted by atomic mass is 9.99. The fourth-order valence-corrected chi connectivity index (χ4v) is 1.85. The van der Waals surface area contributed by atoms with Gasteiger partial charge in [0.25, 0.3) is 0 Å². The van der Waals surface area contributed by atoms with Gasteiger partial charge >= 0.3 is 0 Å². The number of H-pyrrole nitrogens is 1. The zero-order valence-corrected chi connectivity index (χ0v) is 9.48. The third-order valence-corrected chi connectivity index (χ3v) is 2.65. The Balaban J connectivity index is 2.35. The first kappa shape index (κ1) is 10.3. The predicted octanol–water partition coefficient (Wildman–Crippen LogP) is 1.05. The molecule has 15 heavy (non-hydrogen) atoms. The normalized spacial score (nSPS) is 12.7. The number of nitrogens with one attached hydrogen (secondary N) is 1. The Morgan fingerprint density at radius 3 is 2.93 bits per heavy atom. The molecule has 78 valence electrons. The maximum Gasteiger partial charge on any atom is 0.183 e. The second kappa shape index (κ2) is 4.50. The topological polar surface area (TPSA) is 80.5 Å². The maximum absolute atomic E-state index is 5.71. The molecule has 0 saturated heterocycles. The molecule has 0 spiro atoms. The molecular formula is C9H10BrN5. The van der Waals surface area contributed by atoms with Crippen molar-refractivity contribution in [3.8, 4) is 0 Å². The van der Waals surface area contributed by atoms with Crippen LogP contribution in [0.5, 0.6) is 0 Å². The van der Waals surface area contributed by atoms with Crippen LogP contribution in [0.2, 0.25) is 0 Å². The average molecular weight is 268 g/mol. The fourth-order valence-electron chi connectivity index (χ4n) is 1.43. The summed E-state index contributed by atoms with van der Waals surface area (Å²) in [5.74, 6) is 0.608. The quantitative estimate of drug-likeness (QED) is 0.872. The maximum atomic E-state index is 5.71. The van der Waals surface area contributed by atoms with Gasteiger partial charge in [-0.25, -0.2) is 0 Å². The van der Waals surface area contributed by atoms with Crippen LogP contribution in [0.1, 0.15) is 17.3 Å². The van der Waals surface area contributed by atoms with Gasteiger partial charge in [0.05, 0.1) is 5.92 Å². The monoisotopic (exact) mass is 267 g/mol. The van der Waals surface area contributed by atoms with Crippen LogP contribution < -0.4 is 5.73 Å². The number of benzene rings is 1.